The lowest BCUT2D eigenvalue weighted by atomic mass is 10.1. The molecule has 1 aliphatic rings. The fourth-order valence-corrected chi connectivity index (χ4v) is 3.18. The van der Waals surface area contributed by atoms with E-state index in [9.17, 15) is 9.59 Å². The first kappa shape index (κ1) is 14.5. The third kappa shape index (κ3) is 2.05. The van der Waals surface area contributed by atoms with Crippen molar-refractivity contribution in [2.45, 2.75) is 0 Å². The Bertz CT molecular complexity index is 1150. The van der Waals surface area contributed by atoms with Gasteiger partial charge in [0.15, 0.2) is 5.82 Å². The van der Waals surface area contributed by atoms with Crippen LogP contribution < -0.4 is 4.90 Å². The molecule has 2 amide bonds. The molecule has 4 aromatic rings. The van der Waals surface area contributed by atoms with Crippen LogP contribution in [0.2, 0.25) is 0 Å². The zero-order valence-electron chi connectivity index (χ0n) is 13.5. The first-order chi connectivity index (χ1) is 12.7. The number of anilines is 1. The second-order valence-electron chi connectivity index (χ2n) is 5.99. The number of aromatic amines is 1. The van der Waals surface area contributed by atoms with E-state index in [0.717, 1.165) is 16.7 Å². The van der Waals surface area contributed by atoms with Crippen LogP contribution in [0.25, 0.3) is 22.6 Å². The Morgan fingerprint density at radius 3 is 2.27 bits per heavy atom. The summed E-state index contributed by atoms with van der Waals surface area (Å²) in [5.41, 5.74) is 3.57. The van der Waals surface area contributed by atoms with Gasteiger partial charge in [-0.3, -0.25) is 14.6 Å². The first-order valence-corrected chi connectivity index (χ1v) is 8.11. The van der Waals surface area contributed by atoms with Gasteiger partial charge >= 0.3 is 0 Å². The Balaban J connectivity index is 1.59. The molecule has 2 aromatic heterocycles. The second-order valence-corrected chi connectivity index (χ2v) is 5.99. The number of hydrogen-bond acceptors (Lipinski definition) is 4. The molecular weight excluding hydrogens is 328 g/mol. The van der Waals surface area contributed by atoms with E-state index in [2.05, 4.69) is 15.0 Å². The number of carbonyl (C=O) groups is 2. The largest absolute Gasteiger partial charge is 0.337 e. The molecule has 0 bridgehead atoms. The van der Waals surface area contributed by atoms with Gasteiger partial charge in [-0.1, -0.05) is 18.2 Å². The summed E-state index contributed by atoms with van der Waals surface area (Å²) in [6.07, 6.45) is 1.70. The van der Waals surface area contributed by atoms with E-state index in [1.165, 1.54) is 4.90 Å². The van der Waals surface area contributed by atoms with Crippen LogP contribution in [-0.4, -0.2) is 26.8 Å². The van der Waals surface area contributed by atoms with Crippen molar-refractivity contribution in [3.63, 3.8) is 0 Å². The number of rotatable bonds is 2. The highest BCUT2D eigenvalue weighted by atomic mass is 16.2. The van der Waals surface area contributed by atoms with Crippen molar-refractivity contribution in [2.75, 3.05) is 4.90 Å². The van der Waals surface area contributed by atoms with Crippen molar-refractivity contribution in [3.8, 4) is 11.5 Å². The zero-order valence-corrected chi connectivity index (χ0v) is 13.5. The highest BCUT2D eigenvalue weighted by Gasteiger charge is 2.36. The molecule has 0 spiro atoms. The molecule has 0 unspecified atom stereocenters. The molecule has 26 heavy (non-hydrogen) atoms. The summed E-state index contributed by atoms with van der Waals surface area (Å²) < 4.78 is 0. The molecule has 3 heterocycles. The lowest BCUT2D eigenvalue weighted by Crippen LogP contribution is -2.29. The predicted molar refractivity (Wildman–Crippen MR) is 96.9 cm³/mol. The molecule has 0 radical (unpaired) electrons. The summed E-state index contributed by atoms with van der Waals surface area (Å²) in [5, 5.41) is 0. The quantitative estimate of drug-likeness (QED) is 0.567. The van der Waals surface area contributed by atoms with Crippen LogP contribution >= 0.6 is 0 Å². The molecule has 124 valence electrons. The number of hydrogen-bond donors (Lipinski definition) is 1. The maximum absolute atomic E-state index is 12.6. The van der Waals surface area contributed by atoms with Crippen LogP contribution in [0.5, 0.6) is 0 Å². The minimum absolute atomic E-state index is 0.311. The second kappa shape index (κ2) is 5.35. The van der Waals surface area contributed by atoms with Gasteiger partial charge in [0.25, 0.3) is 11.8 Å². The van der Waals surface area contributed by atoms with Crippen molar-refractivity contribution in [1.82, 2.24) is 15.0 Å². The number of pyridine rings is 1. The lowest BCUT2D eigenvalue weighted by Gasteiger charge is -2.13. The molecule has 0 saturated carbocycles. The summed E-state index contributed by atoms with van der Waals surface area (Å²) >= 11 is 0. The molecule has 6 heteroatoms. The van der Waals surface area contributed by atoms with Crippen LogP contribution in [0, 0.1) is 0 Å². The Kier molecular flexibility index (Phi) is 2.99. The van der Waals surface area contributed by atoms with Crippen molar-refractivity contribution < 1.29 is 9.59 Å². The zero-order chi connectivity index (χ0) is 17.7. The van der Waals surface area contributed by atoms with E-state index in [1.807, 2.05) is 18.2 Å². The fourth-order valence-electron chi connectivity index (χ4n) is 3.18. The van der Waals surface area contributed by atoms with E-state index in [4.69, 9.17) is 0 Å². The Hall–Kier alpha value is -3.80. The number of amides is 2. The minimum Gasteiger partial charge on any atom is -0.337 e. The van der Waals surface area contributed by atoms with E-state index >= 15 is 0 Å². The van der Waals surface area contributed by atoms with Gasteiger partial charge in [0, 0.05) is 6.20 Å². The molecular formula is C20H12N4O2. The number of carbonyl (C=O) groups excluding carboxylic acids is 2. The van der Waals surface area contributed by atoms with Crippen LogP contribution in [0.1, 0.15) is 20.7 Å². The SMILES string of the molecule is O=C1c2ccccc2C(=O)N1c1ccc2nc(-c3ccccn3)[nH]c2c1. The van der Waals surface area contributed by atoms with E-state index in [1.54, 1.807) is 48.7 Å². The van der Waals surface area contributed by atoms with Crippen molar-refractivity contribution in [3.05, 3.63) is 78.0 Å². The van der Waals surface area contributed by atoms with Gasteiger partial charge in [-0.2, -0.15) is 0 Å². The highest BCUT2D eigenvalue weighted by molar-refractivity contribution is 6.34. The number of nitrogens with one attached hydrogen (secondary N) is 1. The Morgan fingerprint density at radius 1 is 0.846 bits per heavy atom. The molecule has 6 nitrogen and oxygen atoms in total. The number of imide groups is 1. The van der Waals surface area contributed by atoms with Gasteiger partial charge in [-0.25, -0.2) is 9.88 Å². The van der Waals surface area contributed by atoms with Crippen molar-refractivity contribution in [2.24, 2.45) is 0 Å². The summed E-state index contributed by atoms with van der Waals surface area (Å²) in [7, 11) is 0. The molecule has 0 saturated heterocycles. The smallest absolute Gasteiger partial charge is 0.266 e. The average Bonchev–Trinajstić information content (AvgIpc) is 3.22. The molecule has 1 N–H and O–H groups in total. The number of fused-ring (bicyclic) bond motifs is 2. The Morgan fingerprint density at radius 2 is 1.58 bits per heavy atom. The first-order valence-electron chi connectivity index (χ1n) is 8.11. The van der Waals surface area contributed by atoms with Gasteiger partial charge < -0.3 is 4.98 Å². The van der Waals surface area contributed by atoms with Crippen LogP contribution in [0.3, 0.4) is 0 Å². The van der Waals surface area contributed by atoms with Crippen molar-refractivity contribution in [1.29, 1.82) is 0 Å². The van der Waals surface area contributed by atoms with E-state index in [-0.39, 0.29) is 11.8 Å². The standard InChI is InChI=1S/C20H12N4O2/c25-19-13-5-1-2-6-14(13)20(26)24(19)12-8-9-15-17(11-12)23-18(22-15)16-7-3-4-10-21-16/h1-11H,(H,22,23). The molecule has 2 aromatic carbocycles. The fraction of sp³-hybridized carbons (Fsp3) is 0. The molecule has 0 aliphatic carbocycles. The van der Waals surface area contributed by atoms with Gasteiger partial charge in [0.2, 0.25) is 0 Å². The summed E-state index contributed by atoms with van der Waals surface area (Å²) in [4.78, 5) is 38.5. The van der Waals surface area contributed by atoms with Crippen molar-refractivity contribution >= 4 is 28.5 Å². The molecule has 0 atom stereocenters. The number of H-pyrrole nitrogens is 1. The number of nitrogens with zero attached hydrogens (tertiary/aromatic N) is 3. The van der Waals surface area contributed by atoms with Crippen LogP contribution in [0.4, 0.5) is 5.69 Å². The van der Waals surface area contributed by atoms with E-state index < -0.39 is 0 Å². The third-order valence-corrected chi connectivity index (χ3v) is 4.43. The molecule has 1 aliphatic heterocycles. The van der Waals surface area contributed by atoms with Gasteiger partial charge in [-0.15, -0.1) is 0 Å². The third-order valence-electron chi connectivity index (χ3n) is 4.43. The average molecular weight is 340 g/mol. The Labute approximate surface area is 148 Å². The minimum atomic E-state index is -0.311. The number of benzene rings is 2. The van der Waals surface area contributed by atoms with Crippen LogP contribution in [0.15, 0.2) is 66.9 Å². The summed E-state index contributed by atoms with van der Waals surface area (Å²) in [6.45, 7) is 0. The predicted octanol–water partition coefficient (Wildman–Crippen LogP) is 3.43. The van der Waals surface area contributed by atoms with E-state index in [0.29, 0.717) is 22.6 Å². The lowest BCUT2D eigenvalue weighted by molar-refractivity contribution is 0.0926. The van der Waals surface area contributed by atoms with Crippen LogP contribution in [-0.2, 0) is 0 Å². The monoisotopic (exact) mass is 340 g/mol. The normalized spacial score (nSPS) is 13.5. The number of imidazole rings is 1. The maximum Gasteiger partial charge on any atom is 0.266 e. The summed E-state index contributed by atoms with van der Waals surface area (Å²) in [5.74, 6) is 0.0175. The highest BCUT2D eigenvalue weighted by Crippen LogP contribution is 2.30. The summed E-state index contributed by atoms with van der Waals surface area (Å²) in [6, 6.07) is 17.7. The molecule has 5 rings (SSSR count). The van der Waals surface area contributed by atoms with Gasteiger partial charge in [0.05, 0.1) is 27.8 Å². The topological polar surface area (TPSA) is 79.0 Å². The number of aromatic nitrogens is 3. The molecule has 0 fully saturated rings. The maximum atomic E-state index is 12.6. The van der Waals surface area contributed by atoms with Gasteiger partial charge in [-0.05, 0) is 42.5 Å². The van der Waals surface area contributed by atoms with Gasteiger partial charge in [0.1, 0.15) is 5.69 Å².